The minimum atomic E-state index is 0.731. The number of hydrogen-bond donors (Lipinski definition) is 0. The van der Waals surface area contributed by atoms with Crippen molar-refractivity contribution >= 4 is 0 Å². The van der Waals surface area contributed by atoms with Crippen LogP contribution in [0, 0.1) is 18.3 Å². The summed E-state index contributed by atoms with van der Waals surface area (Å²) in [5, 5.41) is 8.41. The van der Waals surface area contributed by atoms with Crippen molar-refractivity contribution < 1.29 is 0 Å². The van der Waals surface area contributed by atoms with Crippen LogP contribution in [0.3, 0.4) is 0 Å². The molecule has 1 aromatic rings. The third-order valence-corrected chi connectivity index (χ3v) is 1.15. The van der Waals surface area contributed by atoms with Gasteiger partial charge in [-0.3, -0.25) is 0 Å². The number of hydrogen-bond acceptors (Lipinski definition) is 1. The van der Waals surface area contributed by atoms with Crippen LogP contribution in [0.1, 0.15) is 25.0 Å². The van der Waals surface area contributed by atoms with E-state index in [1.807, 2.05) is 39.0 Å². The van der Waals surface area contributed by atoms with Gasteiger partial charge in [-0.25, -0.2) is 0 Å². The van der Waals surface area contributed by atoms with E-state index >= 15 is 0 Å². The van der Waals surface area contributed by atoms with Gasteiger partial charge in [0.05, 0.1) is 11.6 Å². The van der Waals surface area contributed by atoms with Crippen molar-refractivity contribution in [3.63, 3.8) is 0 Å². The Kier molecular flexibility index (Phi) is 11.3. The van der Waals surface area contributed by atoms with E-state index in [1.54, 1.807) is 6.07 Å². The second-order valence-electron chi connectivity index (χ2n) is 1.98. The van der Waals surface area contributed by atoms with E-state index in [9.17, 15) is 0 Å². The average molecular weight is 175 g/mol. The van der Waals surface area contributed by atoms with Gasteiger partial charge >= 0.3 is 0 Å². The highest BCUT2D eigenvalue weighted by Gasteiger charge is 1.86. The predicted molar refractivity (Wildman–Crippen MR) is 58.5 cm³/mol. The molecule has 0 saturated carbocycles. The van der Waals surface area contributed by atoms with Gasteiger partial charge in [0, 0.05) is 0 Å². The van der Waals surface area contributed by atoms with E-state index in [1.165, 1.54) is 0 Å². The van der Waals surface area contributed by atoms with Crippen LogP contribution >= 0.6 is 0 Å². The fourth-order valence-electron chi connectivity index (χ4n) is 0.715. The van der Waals surface area contributed by atoms with E-state index in [2.05, 4.69) is 19.2 Å². The van der Waals surface area contributed by atoms with Gasteiger partial charge in [0.2, 0.25) is 0 Å². The fraction of sp³-hybridized carbons (Fsp3) is 0.250. The van der Waals surface area contributed by atoms with Crippen LogP contribution in [-0.2, 0) is 0 Å². The minimum absolute atomic E-state index is 0.731. The summed E-state index contributed by atoms with van der Waals surface area (Å²) in [5.41, 5.74) is 1.86. The van der Waals surface area contributed by atoms with Crippen LogP contribution in [0.25, 0.3) is 0 Å². The maximum Gasteiger partial charge on any atom is 0.0991 e. The molecular formula is C12H17N. The number of nitriles is 1. The van der Waals surface area contributed by atoms with Gasteiger partial charge in [-0.05, 0) is 24.6 Å². The van der Waals surface area contributed by atoms with E-state index < -0.39 is 0 Å². The zero-order valence-electron chi connectivity index (χ0n) is 8.67. The number of nitrogens with zero attached hydrogens (tertiary/aromatic N) is 1. The van der Waals surface area contributed by atoms with Crippen LogP contribution in [0.2, 0.25) is 0 Å². The fourth-order valence-corrected chi connectivity index (χ4v) is 0.715. The summed E-state index contributed by atoms with van der Waals surface area (Å²) in [4.78, 5) is 0. The molecule has 70 valence electrons. The van der Waals surface area contributed by atoms with Crippen molar-refractivity contribution in [2.75, 3.05) is 0 Å². The molecule has 0 spiro atoms. The molecule has 1 nitrogen and oxygen atoms in total. The lowest BCUT2D eigenvalue weighted by atomic mass is 10.2. The first-order valence-corrected chi connectivity index (χ1v) is 4.29. The molecule has 0 heterocycles. The van der Waals surface area contributed by atoms with Crippen molar-refractivity contribution in [2.45, 2.75) is 20.8 Å². The topological polar surface area (TPSA) is 23.8 Å². The Morgan fingerprint density at radius 2 is 1.77 bits per heavy atom. The molecule has 0 atom stereocenters. The van der Waals surface area contributed by atoms with E-state index in [0.29, 0.717) is 0 Å². The summed E-state index contributed by atoms with van der Waals surface area (Å²) in [5.74, 6) is 0. The average Bonchev–Trinajstić information content (AvgIpc) is 2.24. The highest BCUT2D eigenvalue weighted by Crippen LogP contribution is 2.00. The van der Waals surface area contributed by atoms with Gasteiger partial charge < -0.3 is 0 Å². The summed E-state index contributed by atoms with van der Waals surface area (Å²) in [6.07, 6.45) is 0. The molecule has 0 aliphatic carbocycles. The highest BCUT2D eigenvalue weighted by atomic mass is 14.2. The zero-order chi connectivity index (χ0) is 10.7. The summed E-state index contributed by atoms with van der Waals surface area (Å²) in [6, 6.07) is 9.58. The standard InChI is InChI=1S/C8H7N.C2H6.C2H4/c1-7-3-2-4-8(5-7)6-9;2*1-2/h2-5H,1H3;1-2H3;1-2H2. The van der Waals surface area contributed by atoms with E-state index in [-0.39, 0.29) is 0 Å². The quantitative estimate of drug-likeness (QED) is 0.551. The normalized spacial score (nSPS) is 6.62. The Morgan fingerprint density at radius 1 is 1.23 bits per heavy atom. The largest absolute Gasteiger partial charge is 0.192 e. The molecule has 0 amide bonds. The van der Waals surface area contributed by atoms with Crippen molar-refractivity contribution in [2.24, 2.45) is 0 Å². The predicted octanol–water partition coefficient (Wildman–Crippen LogP) is 3.70. The number of benzene rings is 1. The zero-order valence-corrected chi connectivity index (χ0v) is 8.67. The van der Waals surface area contributed by atoms with Crippen molar-refractivity contribution in [1.29, 1.82) is 5.26 Å². The lowest BCUT2D eigenvalue weighted by Gasteiger charge is -1.88. The molecule has 0 fully saturated rings. The molecule has 0 bridgehead atoms. The molecule has 1 heteroatoms. The van der Waals surface area contributed by atoms with Crippen LogP contribution < -0.4 is 0 Å². The van der Waals surface area contributed by atoms with Gasteiger partial charge in [-0.15, -0.1) is 13.2 Å². The van der Waals surface area contributed by atoms with Crippen LogP contribution in [-0.4, -0.2) is 0 Å². The molecule has 0 N–H and O–H groups in total. The summed E-state index contributed by atoms with van der Waals surface area (Å²) >= 11 is 0. The maximum atomic E-state index is 8.41. The lowest BCUT2D eigenvalue weighted by molar-refractivity contribution is 1.42. The molecule has 1 aromatic carbocycles. The first kappa shape index (κ1) is 14.0. The van der Waals surface area contributed by atoms with E-state index in [4.69, 9.17) is 5.26 Å². The molecule has 0 unspecified atom stereocenters. The summed E-state index contributed by atoms with van der Waals surface area (Å²) in [7, 11) is 0. The molecule has 1 rings (SSSR count). The Bertz CT molecular complexity index is 258. The second-order valence-corrected chi connectivity index (χ2v) is 1.98. The van der Waals surface area contributed by atoms with Gasteiger partial charge in [-0.1, -0.05) is 26.0 Å². The SMILES string of the molecule is C=C.CC.Cc1cccc(C#N)c1. The highest BCUT2D eigenvalue weighted by molar-refractivity contribution is 5.31. The molecule has 0 aliphatic heterocycles. The van der Waals surface area contributed by atoms with Crippen molar-refractivity contribution in [1.82, 2.24) is 0 Å². The Balaban J connectivity index is 0. The van der Waals surface area contributed by atoms with Gasteiger partial charge in [-0.2, -0.15) is 5.26 Å². The first-order chi connectivity index (χ1) is 6.33. The van der Waals surface area contributed by atoms with E-state index in [0.717, 1.165) is 11.1 Å². The monoisotopic (exact) mass is 175 g/mol. The van der Waals surface area contributed by atoms with Crippen molar-refractivity contribution in [3.05, 3.63) is 48.6 Å². The first-order valence-electron chi connectivity index (χ1n) is 4.29. The molecular weight excluding hydrogens is 158 g/mol. The third-order valence-electron chi connectivity index (χ3n) is 1.15. The second kappa shape index (κ2) is 10.4. The Hall–Kier alpha value is -1.55. The molecule has 0 radical (unpaired) electrons. The number of rotatable bonds is 0. The molecule has 0 aliphatic rings. The molecule has 13 heavy (non-hydrogen) atoms. The maximum absolute atomic E-state index is 8.41. The van der Waals surface area contributed by atoms with Crippen LogP contribution in [0.15, 0.2) is 37.4 Å². The Morgan fingerprint density at radius 3 is 2.08 bits per heavy atom. The lowest BCUT2D eigenvalue weighted by Crippen LogP contribution is -1.73. The van der Waals surface area contributed by atoms with Crippen molar-refractivity contribution in [3.8, 4) is 6.07 Å². The van der Waals surface area contributed by atoms with Gasteiger partial charge in [0.15, 0.2) is 0 Å². The smallest absolute Gasteiger partial charge is 0.0991 e. The summed E-state index contributed by atoms with van der Waals surface area (Å²) < 4.78 is 0. The van der Waals surface area contributed by atoms with Gasteiger partial charge in [0.25, 0.3) is 0 Å². The van der Waals surface area contributed by atoms with Crippen LogP contribution in [0.4, 0.5) is 0 Å². The van der Waals surface area contributed by atoms with Gasteiger partial charge in [0.1, 0.15) is 0 Å². The van der Waals surface area contributed by atoms with Crippen LogP contribution in [0.5, 0.6) is 0 Å². The molecule has 0 aromatic heterocycles. The number of aryl methyl sites for hydroxylation is 1. The third kappa shape index (κ3) is 6.83. The summed E-state index contributed by atoms with van der Waals surface area (Å²) in [6.45, 7) is 12.0. The Labute approximate surface area is 81.3 Å². The minimum Gasteiger partial charge on any atom is -0.192 e. The molecule has 0 saturated heterocycles.